The number of unbranched alkanes of at least 4 members (excludes halogenated alkanes) is 6. The van der Waals surface area contributed by atoms with Crippen molar-refractivity contribution in [1.29, 1.82) is 0 Å². The molecule has 0 bridgehead atoms. The van der Waals surface area contributed by atoms with Crippen LogP contribution in [-0.2, 0) is 4.79 Å². The zero-order valence-corrected chi connectivity index (χ0v) is 13.3. The molecule has 0 heterocycles. The Bertz CT molecular complexity index is 254. The Kier molecular flexibility index (Phi) is 7.67. The zero-order valence-electron chi connectivity index (χ0n) is 13.3. The fraction of sp³-hybridized carbons (Fsp3) is 0.941. The number of nitrogens with zero attached hydrogens (tertiary/aromatic N) is 1. The van der Waals surface area contributed by atoms with Gasteiger partial charge in [0.05, 0.1) is 5.54 Å². The van der Waals surface area contributed by atoms with E-state index in [9.17, 15) is 4.79 Å². The molecule has 1 aliphatic carbocycles. The van der Waals surface area contributed by atoms with Crippen molar-refractivity contribution in [3.8, 4) is 0 Å². The molecule has 1 rings (SSSR count). The molecule has 0 aromatic carbocycles. The van der Waals surface area contributed by atoms with Crippen LogP contribution in [0.15, 0.2) is 0 Å². The molecule has 0 spiro atoms. The van der Waals surface area contributed by atoms with Gasteiger partial charge in [-0.25, -0.2) is 0 Å². The lowest BCUT2D eigenvalue weighted by atomic mass is 9.87. The van der Waals surface area contributed by atoms with Crippen LogP contribution in [-0.4, -0.2) is 30.3 Å². The smallest absolute Gasteiger partial charge is 0.153 e. The highest BCUT2D eigenvalue weighted by Crippen LogP contribution is 2.35. The van der Waals surface area contributed by atoms with Gasteiger partial charge >= 0.3 is 0 Å². The summed E-state index contributed by atoms with van der Waals surface area (Å²) >= 11 is 0. The van der Waals surface area contributed by atoms with E-state index in [-0.39, 0.29) is 5.54 Å². The minimum Gasteiger partial charge on any atom is -0.298 e. The number of hydrogen-bond acceptors (Lipinski definition) is 2. The zero-order chi connectivity index (χ0) is 14.1. The highest BCUT2D eigenvalue weighted by Gasteiger charge is 2.41. The molecule has 1 aliphatic rings. The van der Waals surface area contributed by atoms with Crippen molar-refractivity contribution in [3.05, 3.63) is 0 Å². The minimum atomic E-state index is -0.109. The third kappa shape index (κ3) is 4.91. The van der Waals surface area contributed by atoms with E-state index < -0.39 is 0 Å². The van der Waals surface area contributed by atoms with Crippen molar-refractivity contribution >= 4 is 5.78 Å². The van der Waals surface area contributed by atoms with Gasteiger partial charge in [-0.2, -0.15) is 0 Å². The van der Waals surface area contributed by atoms with Crippen LogP contribution in [0.4, 0.5) is 0 Å². The van der Waals surface area contributed by atoms with Crippen LogP contribution in [0.1, 0.15) is 84.0 Å². The van der Waals surface area contributed by atoms with Crippen molar-refractivity contribution < 1.29 is 4.79 Å². The number of hydrogen-bond donors (Lipinski definition) is 0. The van der Waals surface area contributed by atoms with E-state index in [4.69, 9.17) is 0 Å². The topological polar surface area (TPSA) is 20.3 Å². The van der Waals surface area contributed by atoms with Gasteiger partial charge in [-0.3, -0.25) is 9.69 Å². The molecule has 0 radical (unpaired) electrons. The van der Waals surface area contributed by atoms with Crippen molar-refractivity contribution in [3.63, 3.8) is 0 Å². The van der Waals surface area contributed by atoms with Crippen LogP contribution in [0.2, 0.25) is 0 Å². The third-order valence-electron chi connectivity index (χ3n) is 4.81. The Morgan fingerprint density at radius 3 is 2.00 bits per heavy atom. The summed E-state index contributed by atoms with van der Waals surface area (Å²) in [5.41, 5.74) is -0.109. The molecular weight excluding hydrogens is 234 g/mol. The molecular formula is C17H33NO. The van der Waals surface area contributed by atoms with Gasteiger partial charge in [0.2, 0.25) is 0 Å². The second-order valence-electron chi connectivity index (χ2n) is 6.43. The van der Waals surface area contributed by atoms with Gasteiger partial charge in [-0.15, -0.1) is 0 Å². The van der Waals surface area contributed by atoms with E-state index in [0.29, 0.717) is 5.78 Å². The largest absolute Gasteiger partial charge is 0.298 e. The normalized spacial score (nSPS) is 18.1. The fourth-order valence-electron chi connectivity index (χ4n) is 3.41. The lowest BCUT2D eigenvalue weighted by Crippen LogP contribution is -2.48. The molecule has 112 valence electrons. The number of carbonyl (C=O) groups excluding carboxylic acids is 1. The van der Waals surface area contributed by atoms with Crippen LogP contribution in [0.5, 0.6) is 0 Å². The van der Waals surface area contributed by atoms with Crippen LogP contribution in [0, 0.1) is 0 Å². The molecule has 0 atom stereocenters. The fourth-order valence-corrected chi connectivity index (χ4v) is 3.41. The maximum absolute atomic E-state index is 12.5. The van der Waals surface area contributed by atoms with Crippen molar-refractivity contribution in [1.82, 2.24) is 4.90 Å². The molecule has 0 N–H and O–H groups in total. The first kappa shape index (κ1) is 16.7. The Morgan fingerprint density at radius 2 is 1.47 bits per heavy atom. The summed E-state index contributed by atoms with van der Waals surface area (Å²) in [6.45, 7) is 2.25. The van der Waals surface area contributed by atoms with E-state index in [0.717, 1.165) is 25.7 Å². The highest BCUT2D eigenvalue weighted by molar-refractivity contribution is 5.88. The molecule has 0 aliphatic heterocycles. The third-order valence-corrected chi connectivity index (χ3v) is 4.81. The first-order valence-corrected chi connectivity index (χ1v) is 8.34. The van der Waals surface area contributed by atoms with E-state index in [1.807, 2.05) is 0 Å². The average Bonchev–Trinajstić information content (AvgIpc) is 2.88. The standard InChI is InChI=1S/C17H33NO/c1-4-5-6-7-8-9-10-13-16(19)17(18(2)3)14-11-12-15-17/h4-15H2,1-3H3. The molecule has 2 heteroatoms. The van der Waals surface area contributed by atoms with Gasteiger partial charge in [0.25, 0.3) is 0 Å². The van der Waals surface area contributed by atoms with E-state index in [2.05, 4.69) is 25.9 Å². The van der Waals surface area contributed by atoms with Gasteiger partial charge in [0.15, 0.2) is 5.78 Å². The summed E-state index contributed by atoms with van der Waals surface area (Å²) in [4.78, 5) is 14.7. The van der Waals surface area contributed by atoms with Crippen LogP contribution >= 0.6 is 0 Å². The Hall–Kier alpha value is -0.370. The van der Waals surface area contributed by atoms with Gasteiger partial charge in [-0.05, 0) is 33.4 Å². The molecule has 0 unspecified atom stereocenters. The molecule has 0 aromatic rings. The molecule has 0 amide bonds. The Balaban J connectivity index is 2.19. The lowest BCUT2D eigenvalue weighted by Gasteiger charge is -2.34. The molecule has 0 aromatic heterocycles. The van der Waals surface area contributed by atoms with Crippen molar-refractivity contribution in [2.24, 2.45) is 0 Å². The van der Waals surface area contributed by atoms with E-state index in [1.165, 1.54) is 51.4 Å². The lowest BCUT2D eigenvalue weighted by molar-refractivity contribution is -0.129. The molecule has 2 nitrogen and oxygen atoms in total. The summed E-state index contributed by atoms with van der Waals surface area (Å²) in [6.07, 6.45) is 14.4. The first-order chi connectivity index (χ1) is 9.13. The Labute approximate surface area is 119 Å². The van der Waals surface area contributed by atoms with Crippen molar-refractivity contribution in [2.75, 3.05) is 14.1 Å². The second kappa shape index (κ2) is 8.73. The van der Waals surface area contributed by atoms with Crippen LogP contribution < -0.4 is 0 Å². The number of carbonyl (C=O) groups is 1. The van der Waals surface area contributed by atoms with Gasteiger partial charge < -0.3 is 0 Å². The van der Waals surface area contributed by atoms with Crippen molar-refractivity contribution in [2.45, 2.75) is 89.5 Å². The maximum atomic E-state index is 12.5. The second-order valence-corrected chi connectivity index (χ2v) is 6.43. The predicted octanol–water partition coefficient (Wildman–Crippen LogP) is 4.57. The van der Waals surface area contributed by atoms with Gasteiger partial charge in [-0.1, -0.05) is 58.3 Å². The molecule has 0 saturated heterocycles. The quantitative estimate of drug-likeness (QED) is 0.540. The van der Waals surface area contributed by atoms with E-state index in [1.54, 1.807) is 0 Å². The Morgan fingerprint density at radius 1 is 0.947 bits per heavy atom. The first-order valence-electron chi connectivity index (χ1n) is 8.34. The molecule has 1 saturated carbocycles. The van der Waals surface area contributed by atoms with E-state index >= 15 is 0 Å². The minimum absolute atomic E-state index is 0.109. The highest BCUT2D eigenvalue weighted by atomic mass is 16.1. The monoisotopic (exact) mass is 267 g/mol. The number of likely N-dealkylation sites (N-methyl/N-ethyl adjacent to an activating group) is 1. The number of rotatable bonds is 10. The number of ketones is 1. The predicted molar refractivity (Wildman–Crippen MR) is 82.5 cm³/mol. The summed E-state index contributed by atoms with van der Waals surface area (Å²) in [5, 5.41) is 0. The summed E-state index contributed by atoms with van der Waals surface area (Å²) in [7, 11) is 4.15. The van der Waals surface area contributed by atoms with Gasteiger partial charge in [0.1, 0.15) is 0 Å². The van der Waals surface area contributed by atoms with Crippen LogP contribution in [0.3, 0.4) is 0 Å². The van der Waals surface area contributed by atoms with Crippen LogP contribution in [0.25, 0.3) is 0 Å². The average molecular weight is 267 g/mol. The maximum Gasteiger partial charge on any atom is 0.153 e. The van der Waals surface area contributed by atoms with Gasteiger partial charge in [0, 0.05) is 6.42 Å². The summed E-state index contributed by atoms with van der Waals surface area (Å²) in [5.74, 6) is 0.503. The summed E-state index contributed by atoms with van der Waals surface area (Å²) < 4.78 is 0. The summed E-state index contributed by atoms with van der Waals surface area (Å²) in [6, 6.07) is 0. The molecule has 1 fully saturated rings. The SMILES string of the molecule is CCCCCCCCCC(=O)C1(N(C)C)CCCC1. The molecule has 19 heavy (non-hydrogen) atoms. The number of Topliss-reactive ketones (excluding diaryl/α,β-unsaturated/α-hetero) is 1.